The Labute approximate surface area is 137 Å². The lowest BCUT2D eigenvalue weighted by Crippen LogP contribution is -2.28. The number of pyridine rings is 1. The van der Waals surface area contributed by atoms with Gasteiger partial charge in [-0.05, 0) is 37.4 Å². The second kappa shape index (κ2) is 5.23. The molecule has 0 radical (unpaired) electrons. The minimum absolute atomic E-state index is 0.207. The summed E-state index contributed by atoms with van der Waals surface area (Å²) >= 11 is 0. The molecule has 2 aromatic carbocycles. The van der Waals surface area contributed by atoms with Gasteiger partial charge >= 0.3 is 6.09 Å². The first-order valence-electron chi connectivity index (χ1n) is 7.84. The van der Waals surface area contributed by atoms with E-state index in [2.05, 4.69) is 11.1 Å². The summed E-state index contributed by atoms with van der Waals surface area (Å²) in [6, 6.07) is 13.3. The van der Waals surface area contributed by atoms with E-state index in [0.717, 1.165) is 31.8 Å². The van der Waals surface area contributed by atoms with Crippen LogP contribution in [0.1, 0.15) is 12.5 Å². The van der Waals surface area contributed by atoms with Gasteiger partial charge in [-0.2, -0.15) is 4.57 Å². The monoisotopic (exact) mass is 320 g/mol. The normalized spacial score (nSPS) is 11.4. The minimum atomic E-state index is -0.665. The van der Waals surface area contributed by atoms with Crippen molar-refractivity contribution >= 4 is 38.8 Å². The van der Waals surface area contributed by atoms with Crippen molar-refractivity contribution < 1.29 is 9.53 Å². The Bertz CT molecular complexity index is 1170. The van der Waals surface area contributed by atoms with E-state index in [1.54, 1.807) is 19.1 Å². The third-order valence-corrected chi connectivity index (χ3v) is 4.24. The molecule has 4 rings (SSSR count). The summed E-state index contributed by atoms with van der Waals surface area (Å²) in [5.74, 6) is 0. The number of benzene rings is 2. The third-order valence-electron chi connectivity index (χ3n) is 4.24. The number of ether oxygens (including phenoxy) is 1. The largest absolute Gasteiger partial charge is 0.449 e. The predicted octanol–water partition coefficient (Wildman–Crippen LogP) is 3.95. The third kappa shape index (κ3) is 1.94. The van der Waals surface area contributed by atoms with E-state index < -0.39 is 6.09 Å². The summed E-state index contributed by atoms with van der Waals surface area (Å²) in [6.45, 7) is 3.94. The average molecular weight is 320 g/mol. The lowest BCUT2D eigenvalue weighted by molar-refractivity contribution is 0.154. The molecule has 0 saturated carbocycles. The van der Waals surface area contributed by atoms with Gasteiger partial charge < -0.3 is 9.72 Å². The highest BCUT2D eigenvalue weighted by molar-refractivity contribution is 6.20. The molecule has 2 aromatic heterocycles. The minimum Gasteiger partial charge on any atom is -0.449 e. The Morgan fingerprint density at radius 3 is 2.62 bits per heavy atom. The Morgan fingerprint density at radius 2 is 1.88 bits per heavy atom. The second-order valence-electron chi connectivity index (χ2n) is 5.78. The van der Waals surface area contributed by atoms with Crippen LogP contribution >= 0.6 is 0 Å². The molecule has 0 saturated heterocycles. The molecule has 0 bridgehead atoms. The van der Waals surface area contributed by atoms with Gasteiger partial charge in [0.25, 0.3) is 5.56 Å². The fourth-order valence-electron chi connectivity index (χ4n) is 3.20. The van der Waals surface area contributed by atoms with Gasteiger partial charge in [-0.1, -0.05) is 29.8 Å². The smallest absolute Gasteiger partial charge is 0.422 e. The van der Waals surface area contributed by atoms with Crippen molar-refractivity contribution in [2.45, 2.75) is 13.8 Å². The molecule has 120 valence electrons. The van der Waals surface area contributed by atoms with Crippen LogP contribution < -0.4 is 5.56 Å². The van der Waals surface area contributed by atoms with E-state index in [1.807, 2.05) is 31.2 Å². The number of carbonyl (C=O) groups excluding carboxylic acids is 1. The predicted molar refractivity (Wildman–Crippen MR) is 94.7 cm³/mol. The Hall–Kier alpha value is -3.08. The van der Waals surface area contributed by atoms with Crippen LogP contribution in [-0.2, 0) is 4.74 Å². The molecule has 0 aliphatic rings. The number of H-pyrrole nitrogens is 1. The fraction of sp³-hybridized carbons (Fsp3) is 0.158. The molecule has 0 aliphatic heterocycles. The first-order chi connectivity index (χ1) is 11.6. The fourth-order valence-corrected chi connectivity index (χ4v) is 3.20. The number of fused-ring (bicyclic) bond motifs is 5. The topological polar surface area (TPSA) is 64.1 Å². The van der Waals surface area contributed by atoms with Crippen LogP contribution in [0.2, 0.25) is 0 Å². The highest BCUT2D eigenvalue weighted by Crippen LogP contribution is 2.31. The molecular weight excluding hydrogens is 304 g/mol. The van der Waals surface area contributed by atoms with Crippen molar-refractivity contribution in [3.63, 3.8) is 0 Å². The summed E-state index contributed by atoms with van der Waals surface area (Å²) in [7, 11) is 0. The van der Waals surface area contributed by atoms with Crippen molar-refractivity contribution in [2.24, 2.45) is 0 Å². The van der Waals surface area contributed by atoms with E-state index in [0.29, 0.717) is 11.0 Å². The number of nitrogens with one attached hydrogen (secondary N) is 1. The van der Waals surface area contributed by atoms with Crippen LogP contribution in [0.15, 0.2) is 47.3 Å². The highest BCUT2D eigenvalue weighted by atomic mass is 16.5. The van der Waals surface area contributed by atoms with Gasteiger partial charge in [-0.3, -0.25) is 4.79 Å². The summed E-state index contributed by atoms with van der Waals surface area (Å²) < 4.78 is 6.18. The highest BCUT2D eigenvalue weighted by Gasteiger charge is 2.20. The molecule has 0 amide bonds. The van der Waals surface area contributed by atoms with Crippen LogP contribution in [0.25, 0.3) is 32.7 Å². The maximum atomic E-state index is 12.8. The van der Waals surface area contributed by atoms with Crippen LogP contribution in [0.5, 0.6) is 0 Å². The summed E-state index contributed by atoms with van der Waals surface area (Å²) in [6.07, 6.45) is -0.665. The van der Waals surface area contributed by atoms with E-state index in [4.69, 9.17) is 4.74 Å². The van der Waals surface area contributed by atoms with Gasteiger partial charge in [0.2, 0.25) is 0 Å². The molecule has 0 unspecified atom stereocenters. The quantitative estimate of drug-likeness (QED) is 0.577. The molecule has 1 N–H and O–H groups in total. The molecule has 0 aliphatic carbocycles. The number of hydrogen-bond acceptors (Lipinski definition) is 3. The van der Waals surface area contributed by atoms with Crippen molar-refractivity contribution in [1.29, 1.82) is 0 Å². The maximum Gasteiger partial charge on any atom is 0.422 e. The summed E-state index contributed by atoms with van der Waals surface area (Å²) in [5, 5.41) is 3.17. The molecule has 24 heavy (non-hydrogen) atoms. The number of carbonyl (C=O) groups is 1. The summed E-state index contributed by atoms with van der Waals surface area (Å²) in [4.78, 5) is 28.4. The number of aryl methyl sites for hydroxylation is 1. The number of rotatable bonds is 1. The molecule has 5 nitrogen and oxygen atoms in total. The van der Waals surface area contributed by atoms with Crippen LogP contribution in [0, 0.1) is 6.92 Å². The van der Waals surface area contributed by atoms with E-state index in [1.165, 1.54) is 0 Å². The molecular formula is C19H16N2O3. The molecule has 0 atom stereocenters. The van der Waals surface area contributed by atoms with Crippen molar-refractivity contribution in [1.82, 2.24) is 9.55 Å². The van der Waals surface area contributed by atoms with Crippen LogP contribution in [0.3, 0.4) is 0 Å². The zero-order chi connectivity index (χ0) is 16.8. The lowest BCUT2D eigenvalue weighted by Gasteiger charge is -2.09. The van der Waals surface area contributed by atoms with Gasteiger partial charge in [0.1, 0.15) is 5.65 Å². The van der Waals surface area contributed by atoms with Gasteiger partial charge in [-0.25, -0.2) is 4.79 Å². The molecule has 0 spiro atoms. The van der Waals surface area contributed by atoms with E-state index >= 15 is 0 Å². The second-order valence-corrected chi connectivity index (χ2v) is 5.78. The average Bonchev–Trinajstić information content (AvgIpc) is 2.93. The van der Waals surface area contributed by atoms with Gasteiger partial charge in [0, 0.05) is 21.7 Å². The van der Waals surface area contributed by atoms with Crippen molar-refractivity contribution in [3.8, 4) is 0 Å². The van der Waals surface area contributed by atoms with Crippen molar-refractivity contribution in [3.05, 3.63) is 58.4 Å². The van der Waals surface area contributed by atoms with E-state index in [-0.39, 0.29) is 12.2 Å². The van der Waals surface area contributed by atoms with E-state index in [9.17, 15) is 9.59 Å². The number of hydrogen-bond donors (Lipinski definition) is 1. The van der Waals surface area contributed by atoms with Crippen LogP contribution in [-0.4, -0.2) is 22.3 Å². The standard InChI is InChI=1S/C19H16N2O3/c1-3-24-19(23)21-17-16(12-6-4-5-7-13(12)18(21)22)14-10-11(2)8-9-15(14)20-17/h4-10,20H,3H2,1-2H3. The van der Waals surface area contributed by atoms with Gasteiger partial charge in [-0.15, -0.1) is 0 Å². The number of aromatic amines is 1. The first kappa shape index (κ1) is 14.5. The molecule has 0 fully saturated rings. The SMILES string of the molecule is CCOC(=O)n1c(=O)c2ccccc2c2c3cc(C)ccc3[nH]c21. The Kier molecular flexibility index (Phi) is 3.16. The Balaban J connectivity index is 2.29. The van der Waals surface area contributed by atoms with Gasteiger partial charge in [0.05, 0.1) is 6.61 Å². The number of nitrogens with zero attached hydrogens (tertiary/aromatic N) is 1. The zero-order valence-corrected chi connectivity index (χ0v) is 13.4. The molecule has 5 heteroatoms. The Morgan fingerprint density at radius 1 is 1.12 bits per heavy atom. The molecule has 4 aromatic rings. The summed E-state index contributed by atoms with van der Waals surface area (Å²) in [5.41, 5.74) is 2.09. The number of aromatic nitrogens is 2. The first-order valence-corrected chi connectivity index (χ1v) is 7.84. The lowest BCUT2D eigenvalue weighted by atomic mass is 10.1. The maximum absolute atomic E-state index is 12.8. The van der Waals surface area contributed by atoms with Gasteiger partial charge in [0.15, 0.2) is 0 Å². The van der Waals surface area contributed by atoms with Crippen molar-refractivity contribution in [2.75, 3.05) is 6.61 Å². The zero-order valence-electron chi connectivity index (χ0n) is 13.4. The van der Waals surface area contributed by atoms with Crippen LogP contribution in [0.4, 0.5) is 4.79 Å². The molecule has 2 heterocycles.